The lowest BCUT2D eigenvalue weighted by molar-refractivity contribution is -0.224. The van der Waals surface area contributed by atoms with Crippen LogP contribution >= 0.6 is 0 Å². The minimum absolute atomic E-state index is 0.190. The molecular formula is C10H20O7. The van der Waals surface area contributed by atoms with Gasteiger partial charge in [0.05, 0.1) is 25.9 Å². The molecule has 0 saturated carbocycles. The van der Waals surface area contributed by atoms with E-state index in [9.17, 15) is 15.3 Å². The first-order valence-electron chi connectivity index (χ1n) is 5.54. The van der Waals surface area contributed by atoms with Crippen LogP contribution in [0.3, 0.4) is 0 Å². The predicted molar refractivity (Wildman–Crippen MR) is 56.3 cm³/mol. The smallest absolute Gasteiger partial charge is 0.111 e. The van der Waals surface area contributed by atoms with Crippen molar-refractivity contribution in [1.82, 2.24) is 0 Å². The zero-order valence-corrected chi connectivity index (χ0v) is 9.64. The molecule has 0 bridgehead atoms. The van der Waals surface area contributed by atoms with Gasteiger partial charge in [0.1, 0.15) is 30.5 Å². The summed E-state index contributed by atoms with van der Waals surface area (Å²) in [4.78, 5) is 0. The third kappa shape index (κ3) is 4.14. The van der Waals surface area contributed by atoms with Gasteiger partial charge in [0.25, 0.3) is 0 Å². The lowest BCUT2D eigenvalue weighted by Crippen LogP contribution is -2.57. The molecular weight excluding hydrogens is 232 g/mol. The van der Waals surface area contributed by atoms with Crippen LogP contribution in [0.1, 0.15) is 6.92 Å². The van der Waals surface area contributed by atoms with Crippen LogP contribution in [0.4, 0.5) is 0 Å². The van der Waals surface area contributed by atoms with Crippen LogP contribution < -0.4 is 0 Å². The van der Waals surface area contributed by atoms with E-state index in [0.29, 0.717) is 0 Å². The molecule has 2 rings (SSSR count). The zero-order valence-electron chi connectivity index (χ0n) is 9.64. The molecule has 2 fully saturated rings. The Kier molecular flexibility index (Phi) is 5.74. The largest absolute Gasteiger partial charge is 0.394 e. The van der Waals surface area contributed by atoms with E-state index in [2.05, 4.69) is 4.74 Å². The zero-order chi connectivity index (χ0) is 13.0. The highest BCUT2D eigenvalue weighted by molar-refractivity contribution is 4.89. The van der Waals surface area contributed by atoms with Crippen molar-refractivity contribution in [3.63, 3.8) is 0 Å². The van der Waals surface area contributed by atoms with Gasteiger partial charge in [-0.1, -0.05) is 0 Å². The first kappa shape index (κ1) is 14.8. The lowest BCUT2D eigenvalue weighted by atomic mass is 9.96. The van der Waals surface area contributed by atoms with Gasteiger partial charge in [0, 0.05) is 0 Å². The molecule has 17 heavy (non-hydrogen) atoms. The molecule has 0 aromatic rings. The molecule has 2 aliphatic rings. The molecule has 7 nitrogen and oxygen atoms in total. The third-order valence-corrected chi connectivity index (χ3v) is 2.74. The van der Waals surface area contributed by atoms with Gasteiger partial charge in [-0.15, -0.1) is 0 Å². The van der Waals surface area contributed by atoms with Crippen LogP contribution in [0.2, 0.25) is 0 Å². The van der Waals surface area contributed by atoms with Crippen molar-refractivity contribution in [2.45, 2.75) is 43.5 Å². The molecule has 2 saturated heterocycles. The normalized spacial score (nSPS) is 44.8. The average Bonchev–Trinajstić information content (AvgIpc) is 3.15. The van der Waals surface area contributed by atoms with E-state index in [4.69, 9.17) is 14.9 Å². The highest BCUT2D eigenvalue weighted by Gasteiger charge is 2.41. The van der Waals surface area contributed by atoms with Gasteiger partial charge in [-0.05, 0) is 6.92 Å². The lowest BCUT2D eigenvalue weighted by Gasteiger charge is -2.38. The van der Waals surface area contributed by atoms with E-state index in [1.54, 1.807) is 6.92 Å². The van der Waals surface area contributed by atoms with Crippen molar-refractivity contribution in [2.24, 2.45) is 0 Å². The maximum Gasteiger partial charge on any atom is 0.111 e. The summed E-state index contributed by atoms with van der Waals surface area (Å²) in [7, 11) is 0. The number of hydrogen-bond donors (Lipinski definition) is 5. The molecule has 2 heterocycles. The average molecular weight is 252 g/mol. The second kappa shape index (κ2) is 6.60. The van der Waals surface area contributed by atoms with Gasteiger partial charge >= 0.3 is 0 Å². The summed E-state index contributed by atoms with van der Waals surface area (Å²) in [6.07, 6.45) is -4.75. The van der Waals surface area contributed by atoms with Crippen molar-refractivity contribution < 1.29 is 35.0 Å². The maximum atomic E-state index is 9.23. The fourth-order valence-corrected chi connectivity index (χ4v) is 1.46. The Morgan fingerprint density at radius 2 is 1.59 bits per heavy atom. The standard InChI is InChI=1S/C7H14O5.C3H6O2/c1-3-5(9)7(11)6(10)4(2-8)12-3;4-1-3-2-5-3/h3-11H,2H2,1H3;3-4H,1-2H2. The first-order valence-corrected chi connectivity index (χ1v) is 5.54. The molecule has 0 aromatic heterocycles. The number of aliphatic hydroxyl groups excluding tert-OH is 5. The Balaban J connectivity index is 0.000000239. The van der Waals surface area contributed by atoms with Crippen LogP contribution in [0.15, 0.2) is 0 Å². The fourth-order valence-electron chi connectivity index (χ4n) is 1.46. The van der Waals surface area contributed by atoms with Crippen LogP contribution in [0.25, 0.3) is 0 Å². The molecule has 102 valence electrons. The van der Waals surface area contributed by atoms with Gasteiger partial charge in [-0.3, -0.25) is 0 Å². The van der Waals surface area contributed by atoms with Gasteiger partial charge in [-0.25, -0.2) is 0 Å². The molecule has 7 heteroatoms. The molecule has 5 N–H and O–H groups in total. The van der Waals surface area contributed by atoms with Crippen LogP contribution in [-0.4, -0.2) is 82.0 Å². The highest BCUT2D eigenvalue weighted by Crippen LogP contribution is 2.20. The highest BCUT2D eigenvalue weighted by atomic mass is 16.6. The number of rotatable bonds is 2. The SMILES string of the molecule is CC1OC(CO)C(O)C(O)C1O.OCC1CO1. The molecule has 0 amide bonds. The van der Waals surface area contributed by atoms with Crippen LogP contribution in [-0.2, 0) is 9.47 Å². The second-order valence-electron chi connectivity index (χ2n) is 4.17. The van der Waals surface area contributed by atoms with E-state index in [-0.39, 0.29) is 19.3 Å². The predicted octanol–water partition coefficient (Wildman–Crippen LogP) is -2.77. The topological polar surface area (TPSA) is 123 Å². The number of ether oxygens (including phenoxy) is 2. The van der Waals surface area contributed by atoms with Gasteiger partial charge < -0.3 is 35.0 Å². The van der Waals surface area contributed by atoms with Gasteiger partial charge in [0.15, 0.2) is 0 Å². The summed E-state index contributed by atoms with van der Waals surface area (Å²) in [5.74, 6) is 0. The van der Waals surface area contributed by atoms with Crippen molar-refractivity contribution in [3.05, 3.63) is 0 Å². The van der Waals surface area contributed by atoms with E-state index in [0.717, 1.165) is 6.61 Å². The Morgan fingerprint density at radius 1 is 1.00 bits per heavy atom. The maximum absolute atomic E-state index is 9.23. The molecule has 6 unspecified atom stereocenters. The molecule has 2 aliphatic heterocycles. The number of epoxide rings is 1. The number of hydrogen-bond acceptors (Lipinski definition) is 7. The molecule has 6 atom stereocenters. The molecule has 0 aromatic carbocycles. The molecule has 0 aliphatic carbocycles. The summed E-state index contributed by atoms with van der Waals surface area (Å²) >= 11 is 0. The minimum Gasteiger partial charge on any atom is -0.394 e. The van der Waals surface area contributed by atoms with E-state index in [1.165, 1.54) is 0 Å². The second-order valence-corrected chi connectivity index (χ2v) is 4.17. The van der Waals surface area contributed by atoms with Crippen molar-refractivity contribution in [3.8, 4) is 0 Å². The molecule has 0 radical (unpaired) electrons. The summed E-state index contributed by atoms with van der Waals surface area (Å²) in [5.41, 5.74) is 0. The minimum atomic E-state index is -1.24. The molecule has 0 spiro atoms. The first-order chi connectivity index (χ1) is 8.01. The Morgan fingerprint density at radius 3 is 1.94 bits per heavy atom. The number of aliphatic hydroxyl groups is 5. The van der Waals surface area contributed by atoms with E-state index < -0.39 is 30.5 Å². The summed E-state index contributed by atoms with van der Waals surface area (Å²) in [6.45, 7) is 2.16. The van der Waals surface area contributed by atoms with Crippen molar-refractivity contribution >= 4 is 0 Å². The Hall–Kier alpha value is -0.280. The van der Waals surface area contributed by atoms with Crippen molar-refractivity contribution in [2.75, 3.05) is 19.8 Å². The Bertz CT molecular complexity index is 216. The summed E-state index contributed by atoms with van der Waals surface area (Å²) in [6, 6.07) is 0. The monoisotopic (exact) mass is 252 g/mol. The summed E-state index contributed by atoms with van der Waals surface area (Å²) in [5, 5.41) is 44.5. The quantitative estimate of drug-likeness (QED) is 0.337. The fraction of sp³-hybridized carbons (Fsp3) is 1.00. The third-order valence-electron chi connectivity index (χ3n) is 2.74. The Labute approximate surface area is 99.2 Å². The van der Waals surface area contributed by atoms with Gasteiger partial charge in [-0.2, -0.15) is 0 Å². The summed E-state index contributed by atoms with van der Waals surface area (Å²) < 4.78 is 9.63. The van der Waals surface area contributed by atoms with E-state index in [1.807, 2.05) is 0 Å². The van der Waals surface area contributed by atoms with Crippen LogP contribution in [0.5, 0.6) is 0 Å². The van der Waals surface area contributed by atoms with Crippen LogP contribution in [0, 0.1) is 0 Å². The van der Waals surface area contributed by atoms with E-state index >= 15 is 0 Å². The van der Waals surface area contributed by atoms with Gasteiger partial charge in [0.2, 0.25) is 0 Å². The van der Waals surface area contributed by atoms with Crippen molar-refractivity contribution in [1.29, 1.82) is 0 Å².